The largest absolute Gasteiger partial charge is 0.351 e. The maximum Gasteiger partial charge on any atom is 0.243 e. The predicted octanol–water partition coefficient (Wildman–Crippen LogP) is 4.65. The Kier molecular flexibility index (Phi) is 6.51. The van der Waals surface area contributed by atoms with Crippen molar-refractivity contribution in [2.45, 2.75) is 95.0 Å². The molecule has 3 fully saturated rings. The lowest BCUT2D eigenvalue weighted by molar-refractivity contribution is -0.124. The third kappa shape index (κ3) is 4.30. The maximum atomic E-state index is 13.4. The number of hydrogen-bond acceptors (Lipinski definition) is 3. The van der Waals surface area contributed by atoms with E-state index in [0.29, 0.717) is 23.3 Å². The van der Waals surface area contributed by atoms with Crippen molar-refractivity contribution >= 4 is 15.9 Å². The quantitative estimate of drug-likeness (QED) is 0.663. The van der Waals surface area contributed by atoms with Gasteiger partial charge in [0.1, 0.15) is 0 Å². The summed E-state index contributed by atoms with van der Waals surface area (Å²) in [5.74, 6) is 2.20. The molecule has 172 valence electrons. The molecule has 3 aliphatic rings. The smallest absolute Gasteiger partial charge is 0.243 e. The highest BCUT2D eigenvalue weighted by Gasteiger charge is 2.54. The topological polar surface area (TPSA) is 66.5 Å². The summed E-state index contributed by atoms with van der Waals surface area (Å²) in [4.78, 5) is 13.6. The van der Waals surface area contributed by atoms with Gasteiger partial charge in [-0.05, 0) is 68.4 Å². The fourth-order valence-electron chi connectivity index (χ4n) is 6.80. The summed E-state index contributed by atoms with van der Waals surface area (Å²) in [5.41, 5.74) is 0.701. The summed E-state index contributed by atoms with van der Waals surface area (Å²) >= 11 is 0. The first-order valence-corrected chi connectivity index (χ1v) is 13.6. The predicted molar refractivity (Wildman–Crippen MR) is 123 cm³/mol. The second-order valence-electron chi connectivity index (χ2n) is 10.2. The molecule has 3 atom stereocenters. The van der Waals surface area contributed by atoms with Crippen LogP contribution in [0.1, 0.15) is 77.2 Å². The minimum absolute atomic E-state index is 0.0316. The average Bonchev–Trinajstić information content (AvgIpc) is 3.28. The fourth-order valence-corrected chi connectivity index (χ4v) is 8.72. The number of nitrogens with zero attached hydrogens (tertiary/aromatic N) is 1. The van der Waals surface area contributed by atoms with Gasteiger partial charge in [0.2, 0.25) is 15.9 Å². The van der Waals surface area contributed by atoms with Gasteiger partial charge in [-0.3, -0.25) is 4.79 Å². The van der Waals surface area contributed by atoms with E-state index >= 15 is 0 Å². The monoisotopic (exact) mass is 446 g/mol. The zero-order chi connectivity index (χ0) is 22.2. The first kappa shape index (κ1) is 22.8. The van der Waals surface area contributed by atoms with E-state index < -0.39 is 10.0 Å². The van der Waals surface area contributed by atoms with E-state index in [4.69, 9.17) is 0 Å². The van der Waals surface area contributed by atoms with Crippen LogP contribution in [0, 0.1) is 24.7 Å². The van der Waals surface area contributed by atoms with Gasteiger partial charge in [-0.2, -0.15) is 4.31 Å². The lowest BCUT2D eigenvalue weighted by atomic mass is 9.76. The summed E-state index contributed by atoms with van der Waals surface area (Å²) < 4.78 is 28.5. The molecule has 0 aromatic heterocycles. The van der Waals surface area contributed by atoms with Gasteiger partial charge in [0, 0.05) is 24.5 Å². The molecule has 4 rings (SSSR count). The van der Waals surface area contributed by atoms with Crippen molar-refractivity contribution < 1.29 is 13.2 Å². The van der Waals surface area contributed by atoms with Gasteiger partial charge >= 0.3 is 0 Å². The van der Waals surface area contributed by atoms with Crippen LogP contribution in [0.15, 0.2) is 29.2 Å². The van der Waals surface area contributed by atoms with Gasteiger partial charge in [0.05, 0.1) is 4.90 Å². The highest BCUT2D eigenvalue weighted by atomic mass is 32.2. The van der Waals surface area contributed by atoms with E-state index in [-0.39, 0.29) is 23.9 Å². The molecule has 1 aliphatic heterocycles. The van der Waals surface area contributed by atoms with Crippen molar-refractivity contribution in [3.8, 4) is 0 Å². The molecule has 3 unspecified atom stereocenters. The molecule has 0 spiro atoms. The van der Waals surface area contributed by atoms with Crippen LogP contribution in [0.5, 0.6) is 0 Å². The van der Waals surface area contributed by atoms with E-state index in [0.717, 1.165) is 50.0 Å². The number of sulfonamides is 1. The number of hydrogen-bond donors (Lipinski definition) is 1. The third-order valence-electron chi connectivity index (χ3n) is 8.27. The second kappa shape index (κ2) is 8.86. The summed E-state index contributed by atoms with van der Waals surface area (Å²) in [5, 5.41) is 3.42. The van der Waals surface area contributed by atoms with Gasteiger partial charge in [-0.1, -0.05) is 51.3 Å². The van der Waals surface area contributed by atoms with Gasteiger partial charge in [-0.15, -0.1) is 0 Å². The van der Waals surface area contributed by atoms with Crippen LogP contribution < -0.4 is 5.32 Å². The molecule has 0 radical (unpaired) electrons. The number of rotatable bonds is 7. The molecular weight excluding hydrogens is 408 g/mol. The molecule has 5 nitrogen and oxygen atoms in total. The SMILES string of the molecule is CCC1CC2(NC(=O)CC3CCCCN3S(=O)(=O)c3ccccc3C)CC(CC)C1C2. The zero-order valence-electron chi connectivity index (χ0n) is 19.3. The summed E-state index contributed by atoms with van der Waals surface area (Å²) in [7, 11) is -3.60. The molecule has 2 saturated carbocycles. The number of piperidine rings is 1. The van der Waals surface area contributed by atoms with E-state index in [1.54, 1.807) is 16.4 Å². The number of nitrogens with one attached hydrogen (secondary N) is 1. The van der Waals surface area contributed by atoms with Crippen LogP contribution in [0.2, 0.25) is 0 Å². The van der Waals surface area contributed by atoms with E-state index in [1.165, 1.54) is 12.8 Å². The van der Waals surface area contributed by atoms with Crippen LogP contribution in [0.3, 0.4) is 0 Å². The Balaban J connectivity index is 1.48. The van der Waals surface area contributed by atoms with Crippen molar-refractivity contribution in [3.63, 3.8) is 0 Å². The zero-order valence-corrected chi connectivity index (χ0v) is 20.1. The van der Waals surface area contributed by atoms with Gasteiger partial charge < -0.3 is 5.32 Å². The Morgan fingerprint density at radius 3 is 2.42 bits per heavy atom. The number of amides is 1. The average molecular weight is 447 g/mol. The molecule has 6 heteroatoms. The number of benzene rings is 1. The molecular formula is C25H38N2O3S. The van der Waals surface area contributed by atoms with Gasteiger partial charge in [-0.25, -0.2) is 8.42 Å². The maximum absolute atomic E-state index is 13.4. The van der Waals surface area contributed by atoms with Crippen LogP contribution >= 0.6 is 0 Å². The normalized spacial score (nSPS) is 33.5. The molecule has 1 amide bonds. The minimum Gasteiger partial charge on any atom is -0.351 e. The Morgan fingerprint density at radius 2 is 1.77 bits per heavy atom. The fraction of sp³-hybridized carbons (Fsp3) is 0.720. The van der Waals surface area contributed by atoms with E-state index in [1.807, 2.05) is 19.1 Å². The summed E-state index contributed by atoms with van der Waals surface area (Å²) in [6.07, 6.45) is 8.50. The Bertz CT molecular complexity index is 899. The minimum atomic E-state index is -3.60. The molecule has 2 bridgehead atoms. The van der Waals surface area contributed by atoms with Crippen LogP contribution in [-0.4, -0.2) is 36.8 Å². The number of carbonyl (C=O) groups is 1. The highest BCUT2D eigenvalue weighted by Crippen LogP contribution is 2.56. The number of fused-ring (bicyclic) bond motifs is 2. The van der Waals surface area contributed by atoms with Gasteiger partial charge in [0.15, 0.2) is 0 Å². The van der Waals surface area contributed by atoms with Crippen molar-refractivity contribution in [2.75, 3.05) is 6.54 Å². The Hall–Kier alpha value is -1.40. The summed E-state index contributed by atoms with van der Waals surface area (Å²) in [6, 6.07) is 6.90. The Labute approximate surface area is 188 Å². The molecule has 1 aromatic rings. The van der Waals surface area contributed by atoms with Crippen molar-refractivity contribution in [3.05, 3.63) is 29.8 Å². The van der Waals surface area contributed by atoms with Crippen LogP contribution in [0.4, 0.5) is 0 Å². The molecule has 1 heterocycles. The molecule has 1 aromatic carbocycles. The van der Waals surface area contributed by atoms with Crippen LogP contribution in [0.25, 0.3) is 0 Å². The third-order valence-corrected chi connectivity index (χ3v) is 10.4. The molecule has 31 heavy (non-hydrogen) atoms. The van der Waals surface area contributed by atoms with Crippen molar-refractivity contribution in [1.82, 2.24) is 9.62 Å². The first-order valence-electron chi connectivity index (χ1n) is 12.2. The molecule has 1 saturated heterocycles. The van der Waals surface area contributed by atoms with E-state index in [9.17, 15) is 13.2 Å². The summed E-state index contributed by atoms with van der Waals surface area (Å²) in [6.45, 7) is 6.87. The van der Waals surface area contributed by atoms with Gasteiger partial charge in [0.25, 0.3) is 0 Å². The Morgan fingerprint density at radius 1 is 1.10 bits per heavy atom. The van der Waals surface area contributed by atoms with Crippen molar-refractivity contribution in [2.24, 2.45) is 17.8 Å². The lowest BCUT2D eigenvalue weighted by Crippen LogP contribution is -2.50. The van der Waals surface area contributed by atoms with Crippen LogP contribution in [-0.2, 0) is 14.8 Å². The first-order chi connectivity index (χ1) is 14.8. The number of aryl methyl sites for hydroxylation is 1. The standard InChI is InChI=1S/C25H38N2O3S/c1-4-19-15-25(16-20(5-2)22(19)17-25)26-24(28)14-21-11-8-9-13-27(21)31(29,30)23-12-7-6-10-18(23)3/h6-7,10,12,19-22H,4-5,8-9,11,13-17H2,1-3H3,(H,26,28). The van der Waals surface area contributed by atoms with E-state index in [2.05, 4.69) is 19.2 Å². The molecule has 1 N–H and O–H groups in total. The van der Waals surface area contributed by atoms with Crippen molar-refractivity contribution in [1.29, 1.82) is 0 Å². The second-order valence-corrected chi connectivity index (χ2v) is 12.0. The molecule has 2 aliphatic carbocycles. The lowest BCUT2D eigenvalue weighted by Gasteiger charge is -2.37. The number of carbonyl (C=O) groups excluding carboxylic acids is 1. The highest BCUT2D eigenvalue weighted by molar-refractivity contribution is 7.89.